The van der Waals surface area contributed by atoms with Crippen LogP contribution < -0.4 is 4.74 Å². The van der Waals surface area contributed by atoms with Gasteiger partial charge in [0.1, 0.15) is 10.9 Å². The number of halogens is 1. The van der Waals surface area contributed by atoms with Crippen molar-refractivity contribution in [1.82, 2.24) is 14.8 Å². The van der Waals surface area contributed by atoms with Gasteiger partial charge in [0.05, 0.1) is 19.9 Å². The van der Waals surface area contributed by atoms with Crippen molar-refractivity contribution in [3.8, 4) is 16.9 Å². The number of nitrogens with zero attached hydrogens (tertiary/aromatic N) is 3. The van der Waals surface area contributed by atoms with Crippen molar-refractivity contribution in [2.75, 3.05) is 7.11 Å². The van der Waals surface area contributed by atoms with Crippen molar-refractivity contribution < 1.29 is 9.53 Å². The quantitative estimate of drug-likeness (QED) is 0.795. The van der Waals surface area contributed by atoms with Gasteiger partial charge >= 0.3 is 0 Å². The molecule has 2 heterocycles. The van der Waals surface area contributed by atoms with Gasteiger partial charge in [0.15, 0.2) is 5.78 Å². The molecule has 0 N–H and O–H groups in total. The van der Waals surface area contributed by atoms with Gasteiger partial charge in [-0.3, -0.25) is 9.48 Å². The van der Waals surface area contributed by atoms with E-state index in [0.717, 1.165) is 11.1 Å². The Morgan fingerprint density at radius 3 is 2.94 bits per heavy atom. The second-order valence-electron chi connectivity index (χ2n) is 3.84. The second-order valence-corrected chi connectivity index (χ2v) is 4.22. The zero-order chi connectivity index (χ0) is 13.1. The van der Waals surface area contributed by atoms with E-state index in [9.17, 15) is 4.79 Å². The molecule has 2 aromatic rings. The molecule has 94 valence electrons. The minimum Gasteiger partial charge on any atom is -0.496 e. The summed E-state index contributed by atoms with van der Waals surface area (Å²) in [6.45, 7) is 1.77. The maximum Gasteiger partial charge on any atom is 0.151 e. The number of hydrogen-bond donors (Lipinski definition) is 0. The molecule has 0 fully saturated rings. The predicted octanol–water partition coefficient (Wildman–Crippen LogP) is 2.20. The Bertz CT molecular complexity index is 580. The highest BCUT2D eigenvalue weighted by molar-refractivity contribution is 6.29. The molecule has 0 radical (unpaired) electrons. The van der Waals surface area contributed by atoms with Crippen molar-refractivity contribution in [3.63, 3.8) is 0 Å². The van der Waals surface area contributed by atoms with Crippen molar-refractivity contribution in [1.29, 1.82) is 0 Å². The summed E-state index contributed by atoms with van der Waals surface area (Å²) in [4.78, 5) is 15.0. The number of ether oxygens (including phenoxy) is 1. The van der Waals surface area contributed by atoms with Gasteiger partial charge in [0.2, 0.25) is 0 Å². The molecule has 2 aromatic heterocycles. The lowest BCUT2D eigenvalue weighted by Crippen LogP contribution is -2.05. The third kappa shape index (κ3) is 2.68. The SMILES string of the molecule is COc1cc(Cl)ncc1-c1cnn(CC(C)=O)c1. The summed E-state index contributed by atoms with van der Waals surface area (Å²) in [6, 6.07) is 1.64. The normalized spacial score (nSPS) is 10.4. The number of Topliss-reactive ketones (excluding diaryl/α,β-unsaturated/α-hetero) is 1. The maximum absolute atomic E-state index is 11.0. The largest absolute Gasteiger partial charge is 0.496 e. The Kier molecular flexibility index (Phi) is 3.62. The molecule has 0 aromatic carbocycles. The fourth-order valence-corrected chi connectivity index (χ4v) is 1.76. The molecule has 5 nitrogen and oxygen atoms in total. The summed E-state index contributed by atoms with van der Waals surface area (Å²) < 4.78 is 6.82. The average Bonchev–Trinajstić information content (AvgIpc) is 2.76. The molecule has 0 aliphatic carbocycles. The van der Waals surface area contributed by atoms with Gasteiger partial charge in [-0.1, -0.05) is 11.6 Å². The molecule has 0 saturated heterocycles. The number of rotatable bonds is 4. The van der Waals surface area contributed by atoms with Crippen molar-refractivity contribution in [2.24, 2.45) is 0 Å². The van der Waals surface area contributed by atoms with Crippen LogP contribution in [0.15, 0.2) is 24.7 Å². The van der Waals surface area contributed by atoms with E-state index in [-0.39, 0.29) is 12.3 Å². The number of carbonyl (C=O) groups is 1. The highest BCUT2D eigenvalue weighted by Crippen LogP contribution is 2.30. The van der Waals surface area contributed by atoms with Crippen molar-refractivity contribution in [2.45, 2.75) is 13.5 Å². The van der Waals surface area contributed by atoms with Crippen LogP contribution in [0.3, 0.4) is 0 Å². The Hall–Kier alpha value is -1.88. The summed E-state index contributed by atoms with van der Waals surface area (Å²) in [5.74, 6) is 0.670. The van der Waals surface area contributed by atoms with Gasteiger partial charge in [-0.25, -0.2) is 4.98 Å². The summed E-state index contributed by atoms with van der Waals surface area (Å²) in [6.07, 6.45) is 5.06. The summed E-state index contributed by atoms with van der Waals surface area (Å²) >= 11 is 5.80. The molecule has 0 bridgehead atoms. The molecule has 0 amide bonds. The average molecular weight is 266 g/mol. The van der Waals surface area contributed by atoms with E-state index in [4.69, 9.17) is 16.3 Å². The Morgan fingerprint density at radius 1 is 1.50 bits per heavy atom. The van der Waals surface area contributed by atoms with Gasteiger partial charge < -0.3 is 4.74 Å². The molecule has 6 heteroatoms. The number of aromatic nitrogens is 3. The smallest absolute Gasteiger partial charge is 0.151 e. The van der Waals surface area contributed by atoms with Gasteiger partial charge in [-0.05, 0) is 6.92 Å². The maximum atomic E-state index is 11.0. The van der Waals surface area contributed by atoms with E-state index < -0.39 is 0 Å². The molecular formula is C12H12ClN3O2. The predicted molar refractivity (Wildman–Crippen MR) is 67.7 cm³/mol. The van der Waals surface area contributed by atoms with Crippen LogP contribution in [-0.4, -0.2) is 27.7 Å². The first-order valence-electron chi connectivity index (χ1n) is 5.32. The molecular weight excluding hydrogens is 254 g/mol. The van der Waals surface area contributed by atoms with Crippen molar-refractivity contribution in [3.05, 3.63) is 29.8 Å². The molecule has 0 atom stereocenters. The summed E-state index contributed by atoms with van der Waals surface area (Å²) in [7, 11) is 1.56. The van der Waals surface area contributed by atoms with Crippen LogP contribution >= 0.6 is 11.6 Å². The van der Waals surface area contributed by atoms with Crippen LogP contribution in [0, 0.1) is 0 Å². The number of hydrogen-bond acceptors (Lipinski definition) is 4. The molecule has 0 spiro atoms. The first-order valence-corrected chi connectivity index (χ1v) is 5.69. The Morgan fingerprint density at radius 2 is 2.28 bits per heavy atom. The van der Waals surface area contributed by atoms with E-state index in [1.165, 1.54) is 6.92 Å². The highest BCUT2D eigenvalue weighted by Gasteiger charge is 2.10. The molecule has 0 saturated carbocycles. The highest BCUT2D eigenvalue weighted by atomic mass is 35.5. The third-order valence-corrected chi connectivity index (χ3v) is 2.59. The van der Waals surface area contributed by atoms with Crippen LogP contribution in [0.5, 0.6) is 5.75 Å². The monoisotopic (exact) mass is 265 g/mol. The van der Waals surface area contributed by atoms with Gasteiger partial charge in [-0.2, -0.15) is 5.10 Å². The van der Waals surface area contributed by atoms with Crippen LogP contribution in [0.4, 0.5) is 0 Å². The minimum atomic E-state index is 0.0471. The fraction of sp³-hybridized carbons (Fsp3) is 0.250. The van der Waals surface area contributed by atoms with Crippen LogP contribution in [-0.2, 0) is 11.3 Å². The first kappa shape index (κ1) is 12.6. The lowest BCUT2D eigenvalue weighted by atomic mass is 10.1. The standard InChI is InChI=1S/C12H12ClN3O2/c1-8(17)6-16-7-9(4-15-16)10-5-14-12(13)3-11(10)18-2/h3-5,7H,6H2,1-2H3. The lowest BCUT2D eigenvalue weighted by Gasteiger charge is -2.05. The van der Waals surface area contributed by atoms with Crippen LogP contribution in [0.2, 0.25) is 5.15 Å². The molecule has 18 heavy (non-hydrogen) atoms. The van der Waals surface area contributed by atoms with Gasteiger partial charge in [-0.15, -0.1) is 0 Å². The minimum absolute atomic E-state index is 0.0471. The number of pyridine rings is 1. The number of carbonyl (C=O) groups excluding carboxylic acids is 1. The first-order chi connectivity index (χ1) is 8.60. The molecule has 2 rings (SSSR count). The Balaban J connectivity index is 2.36. The second kappa shape index (κ2) is 5.18. The summed E-state index contributed by atoms with van der Waals surface area (Å²) in [5.41, 5.74) is 1.62. The van der Waals surface area contributed by atoms with Crippen LogP contribution in [0.25, 0.3) is 11.1 Å². The number of ketones is 1. The third-order valence-electron chi connectivity index (χ3n) is 2.38. The van der Waals surface area contributed by atoms with Gasteiger partial charge in [0.25, 0.3) is 0 Å². The zero-order valence-corrected chi connectivity index (χ0v) is 10.8. The molecule has 0 aliphatic heterocycles. The van der Waals surface area contributed by atoms with Crippen molar-refractivity contribution >= 4 is 17.4 Å². The van der Waals surface area contributed by atoms with E-state index in [1.807, 2.05) is 0 Å². The topological polar surface area (TPSA) is 57.0 Å². The molecule has 0 unspecified atom stereocenters. The summed E-state index contributed by atoms with van der Waals surface area (Å²) in [5, 5.41) is 4.48. The zero-order valence-electron chi connectivity index (χ0n) is 10.1. The van der Waals surface area contributed by atoms with E-state index in [2.05, 4.69) is 10.1 Å². The van der Waals surface area contributed by atoms with Gasteiger partial charge in [0, 0.05) is 29.6 Å². The Labute approximate surface area is 109 Å². The number of methoxy groups -OCH3 is 1. The molecule has 0 aliphatic rings. The van der Waals surface area contributed by atoms with E-state index in [0.29, 0.717) is 10.9 Å². The lowest BCUT2D eigenvalue weighted by molar-refractivity contribution is -0.117. The van der Waals surface area contributed by atoms with E-state index >= 15 is 0 Å². The van der Waals surface area contributed by atoms with Crippen LogP contribution in [0.1, 0.15) is 6.92 Å². The fourth-order valence-electron chi connectivity index (χ4n) is 1.62. The van der Waals surface area contributed by atoms with E-state index in [1.54, 1.807) is 36.4 Å².